The van der Waals surface area contributed by atoms with Crippen molar-refractivity contribution in [1.29, 1.82) is 0 Å². The summed E-state index contributed by atoms with van der Waals surface area (Å²) >= 11 is 0. The molecule has 0 radical (unpaired) electrons. The Bertz CT molecular complexity index is 4800. The predicted octanol–water partition coefficient (Wildman–Crippen LogP) is -7.19. The minimum Gasteiger partial charge on any atom is -0.508 e. The third-order valence-electron chi connectivity index (χ3n) is 22.0. The Kier molecular flexibility index (Phi) is 53.1. The van der Waals surface area contributed by atoms with Crippen molar-refractivity contribution in [3.8, 4) is 5.75 Å². The quantitative estimate of drug-likeness (QED) is 0.0142. The van der Waals surface area contributed by atoms with Crippen LogP contribution in [0.15, 0.2) is 54.3 Å². The van der Waals surface area contributed by atoms with Gasteiger partial charge in [-0.2, -0.15) is 0 Å². The molecule has 2 heterocycles. The van der Waals surface area contributed by atoms with Gasteiger partial charge in [-0.15, -0.1) is 0 Å². The van der Waals surface area contributed by atoms with Gasteiger partial charge in [-0.05, 0) is 132 Å². The number of imidazole rings is 2. The molecule has 0 saturated heterocycles. The fourth-order valence-corrected chi connectivity index (χ4v) is 14.2. The number of aliphatic carboxylic acids is 1. The Morgan fingerprint density at radius 1 is 0.378 bits per heavy atom. The second-order valence-corrected chi connectivity index (χ2v) is 37.3. The number of carbonyl (C=O) groups excluding carboxylic acids is 20. The van der Waals surface area contributed by atoms with E-state index in [0.29, 0.717) is 18.4 Å². The van der Waals surface area contributed by atoms with E-state index in [4.69, 9.17) is 28.7 Å². The van der Waals surface area contributed by atoms with Crippen molar-refractivity contribution < 1.29 is 116 Å². The number of benzene rings is 1. The third-order valence-corrected chi connectivity index (χ3v) is 22.0. The number of aromatic amines is 2. The smallest absolute Gasteiger partial charge is 0.303 e. The third kappa shape index (κ3) is 47.1. The van der Waals surface area contributed by atoms with Gasteiger partial charge in [0.25, 0.3) is 0 Å². The van der Waals surface area contributed by atoms with Crippen LogP contribution in [0, 0.1) is 35.5 Å². The predicted molar refractivity (Wildman–Crippen MR) is 518 cm³/mol. The zero-order valence-corrected chi connectivity index (χ0v) is 83.8. The van der Waals surface area contributed by atoms with E-state index in [1.165, 1.54) is 77.0 Å². The van der Waals surface area contributed by atoms with Gasteiger partial charge in [0.2, 0.25) is 118 Å². The van der Waals surface area contributed by atoms with Gasteiger partial charge in [0.05, 0.1) is 62.2 Å². The second-order valence-electron chi connectivity index (χ2n) is 37.3. The van der Waals surface area contributed by atoms with Crippen molar-refractivity contribution in [2.45, 2.75) is 303 Å². The standard InChI is InChI=1S/C91H148N28O24/c1-17-48(12)73(89(142)117-63(31-47(10)11)88(141)119-74(52(16)120)90(143)110-59(75(94)128)27-43(2)3)118-71(125)40-101-77(130)50(14)106-78(131)51(15)107-82(135)66(34-55-37-98-42-104-55)116-87(140)67(35-68(93)122)108-70(124)39-100-76(129)49(13)105-69(123)38-102-80(133)65(33-54-36-97-41-103-54)115-85(138)62(30-46(8)9)113-84(137)61(29-45(6)7)112-81(134)58(24-25-72(126)127)109-86(139)64(32-53-20-22-56(121)23-21-53)114-83(136)60(28-44(4)5)111-79(132)57(92)19-18-26-99-91(95)96/h20-23,36-37,41-52,57-67,73-74,120-121H,17-19,24-35,38-40,92H2,1-16H3,(H2,93,122)(H2,94,128)(H,97,103)(H,98,104)(H,100,129)(H,101,130)(H,102,133)(H,105,123)(H,106,131)(H,107,135)(H,108,124)(H,109,139)(H,110,143)(H,111,132)(H,112,134)(H,113,137)(H,114,136)(H,115,138)(H,116,140)(H,117,142)(H,118,125)(H,119,141)(H,126,127)(H4,95,96,99)/t48-,49-,50-,51-,52+,57-,58-,59-,60-,61-,62-,63-,64-,65-,66-,67-,73-,74+/m0/s1. The lowest BCUT2D eigenvalue weighted by molar-refractivity contribution is -0.139. The van der Waals surface area contributed by atoms with E-state index in [-0.39, 0.29) is 117 Å². The highest BCUT2D eigenvalue weighted by molar-refractivity contribution is 6.02. The van der Waals surface area contributed by atoms with Crippen LogP contribution < -0.4 is 124 Å². The van der Waals surface area contributed by atoms with Gasteiger partial charge in [0, 0.05) is 44.6 Å². The van der Waals surface area contributed by atoms with Crippen LogP contribution in [0.2, 0.25) is 0 Å². The summed E-state index contributed by atoms with van der Waals surface area (Å²) in [6.07, 6.45) is 1.58. The van der Waals surface area contributed by atoms with Crippen molar-refractivity contribution in [2.75, 3.05) is 26.2 Å². The molecule has 796 valence electrons. The Morgan fingerprint density at radius 2 is 0.734 bits per heavy atom. The molecular formula is C91H148N28O24. The molecule has 33 N–H and O–H groups in total. The number of H-pyrrole nitrogens is 2. The Balaban J connectivity index is 1.72. The highest BCUT2D eigenvalue weighted by Crippen LogP contribution is 2.19. The molecule has 0 aliphatic heterocycles. The lowest BCUT2D eigenvalue weighted by Crippen LogP contribution is -2.61. The number of aliphatic hydroxyl groups is 1. The van der Waals surface area contributed by atoms with Crippen molar-refractivity contribution in [2.24, 2.45) is 69.2 Å². The van der Waals surface area contributed by atoms with Gasteiger partial charge >= 0.3 is 5.97 Å². The largest absolute Gasteiger partial charge is 0.508 e. The number of aromatic hydroxyl groups is 1. The fourth-order valence-electron chi connectivity index (χ4n) is 14.2. The molecule has 18 atom stereocenters. The Labute approximate surface area is 829 Å². The van der Waals surface area contributed by atoms with Crippen LogP contribution in [-0.2, 0) is 120 Å². The number of aliphatic hydroxyl groups excluding tert-OH is 1. The highest BCUT2D eigenvalue weighted by Gasteiger charge is 2.40. The zero-order valence-electron chi connectivity index (χ0n) is 83.8. The summed E-state index contributed by atoms with van der Waals surface area (Å²) < 4.78 is 0. The molecule has 0 bridgehead atoms. The van der Waals surface area contributed by atoms with Crippen molar-refractivity contribution in [3.63, 3.8) is 0 Å². The van der Waals surface area contributed by atoms with Crippen LogP contribution in [0.1, 0.15) is 198 Å². The number of primary amides is 2. The number of carboxylic acids is 1. The number of phenols is 1. The molecule has 2 aromatic heterocycles. The monoisotopic (exact) mass is 2020 g/mol. The van der Waals surface area contributed by atoms with Gasteiger partial charge in [-0.3, -0.25) is 106 Å². The van der Waals surface area contributed by atoms with Crippen LogP contribution in [0.4, 0.5) is 0 Å². The van der Waals surface area contributed by atoms with Gasteiger partial charge in [-0.1, -0.05) is 102 Å². The summed E-state index contributed by atoms with van der Waals surface area (Å²) in [5.41, 5.74) is 28.8. The van der Waals surface area contributed by atoms with Crippen LogP contribution in [0.25, 0.3) is 0 Å². The van der Waals surface area contributed by atoms with Crippen LogP contribution in [0.3, 0.4) is 0 Å². The van der Waals surface area contributed by atoms with Crippen LogP contribution >= 0.6 is 0 Å². The number of nitrogens with two attached hydrogens (primary N) is 5. The number of phenolic OH excluding ortho intramolecular Hbond substituents is 1. The number of aliphatic imine (C=N–C) groups is 1. The molecule has 0 aliphatic carbocycles. The van der Waals surface area contributed by atoms with Gasteiger partial charge < -0.3 is 150 Å². The molecule has 0 aliphatic rings. The molecular weight excluding hydrogens is 1870 g/mol. The molecule has 0 spiro atoms. The molecule has 3 rings (SSSR count). The maximum absolute atomic E-state index is 14.6. The number of aromatic nitrogens is 4. The second kappa shape index (κ2) is 61.9. The van der Waals surface area contributed by atoms with Crippen molar-refractivity contribution in [1.82, 2.24) is 116 Å². The summed E-state index contributed by atoms with van der Waals surface area (Å²) in [4.78, 5) is 304. The van der Waals surface area contributed by atoms with Gasteiger partial charge in [0.15, 0.2) is 5.96 Å². The minimum atomic E-state index is -1.83. The molecule has 0 saturated carbocycles. The molecule has 0 unspecified atom stereocenters. The lowest BCUT2D eigenvalue weighted by atomic mass is 9.96. The average Bonchev–Trinajstić information content (AvgIpc) is 1.12. The van der Waals surface area contributed by atoms with E-state index >= 15 is 0 Å². The Hall–Kier alpha value is -14.5. The summed E-state index contributed by atoms with van der Waals surface area (Å²) in [5.74, 6) is -22.5. The number of amides is 20. The van der Waals surface area contributed by atoms with Crippen LogP contribution in [0.5, 0.6) is 5.75 Å². The van der Waals surface area contributed by atoms with Crippen molar-refractivity contribution >= 4 is 130 Å². The normalized spacial score (nSPS) is 15.0. The number of nitrogens with zero attached hydrogens (tertiary/aromatic N) is 3. The van der Waals surface area contributed by atoms with E-state index < -0.39 is 272 Å². The number of carbonyl (C=O) groups is 21. The number of hydrogen-bond acceptors (Lipinski definition) is 27. The fraction of sp³-hybridized carbons (Fsp3) is 0.626. The van der Waals surface area contributed by atoms with E-state index in [1.807, 2.05) is 0 Å². The van der Waals surface area contributed by atoms with E-state index in [9.17, 15) is 116 Å². The number of rotatable bonds is 65. The Morgan fingerprint density at radius 3 is 1.17 bits per heavy atom. The van der Waals surface area contributed by atoms with E-state index in [2.05, 4.69) is 121 Å². The minimum absolute atomic E-state index is 0.0278. The molecule has 52 nitrogen and oxygen atoms in total. The summed E-state index contributed by atoms with van der Waals surface area (Å²) in [5, 5.41) is 75.0. The van der Waals surface area contributed by atoms with E-state index in [1.54, 1.807) is 83.1 Å². The molecule has 143 heavy (non-hydrogen) atoms. The zero-order chi connectivity index (χ0) is 108. The molecule has 3 aromatic rings. The SMILES string of the molecule is CC[C@H](C)[C@H](NC(=O)CNC(=O)[C@H](C)NC(=O)[C@H](C)NC(=O)[C@H](Cc1c[nH]cn1)NC(=O)[C@H](CC(N)=O)NC(=O)CNC(=O)[C@H](C)NC(=O)CNC(=O)[C@H](Cc1c[nH]cn1)NC(=O)[C@H](CC(C)C)NC(=O)[C@H](CC(C)C)NC(=O)[C@H](CCC(=O)O)NC(=O)[C@H](Cc1ccc(O)cc1)NC(=O)[C@H](CC(C)C)NC(=O)[C@@H](N)CCCN=C(N)N)C(=O)N[C@@H](CC(C)C)C(=O)N[C@@H](C(=O)N[C@@H](CC(C)C)C(N)=O)[C@@H](C)O. The molecule has 20 amide bonds. The van der Waals surface area contributed by atoms with Crippen LogP contribution in [-0.4, -0.2) is 294 Å². The summed E-state index contributed by atoms with van der Waals surface area (Å²) in [6.45, 7) is 23.4. The number of hydrogen-bond donors (Lipinski definition) is 28. The maximum Gasteiger partial charge on any atom is 0.303 e. The topological polar surface area (TPSA) is 836 Å². The van der Waals surface area contributed by atoms with Gasteiger partial charge in [-0.25, -0.2) is 9.97 Å². The molecule has 1 aromatic carbocycles. The summed E-state index contributed by atoms with van der Waals surface area (Å²) in [7, 11) is 0. The first-order valence-electron chi connectivity index (χ1n) is 47.3. The average molecular weight is 2020 g/mol. The maximum atomic E-state index is 14.6. The number of guanidine groups is 1. The molecule has 52 heteroatoms. The lowest BCUT2D eigenvalue weighted by Gasteiger charge is -2.29. The highest BCUT2D eigenvalue weighted by atomic mass is 16.4. The first-order valence-corrected chi connectivity index (χ1v) is 47.3. The number of nitrogens with one attached hydrogen (secondary N) is 20. The molecule has 0 fully saturated rings. The van der Waals surface area contributed by atoms with Crippen molar-refractivity contribution in [3.05, 3.63) is 66.3 Å². The van der Waals surface area contributed by atoms with Gasteiger partial charge in [0.1, 0.15) is 96.4 Å². The number of carboxylic acid groups (broad SMARTS) is 1. The first kappa shape index (κ1) is 123. The first-order chi connectivity index (χ1) is 67.0. The summed E-state index contributed by atoms with van der Waals surface area (Å²) in [6, 6.07) is -17.6. The van der Waals surface area contributed by atoms with E-state index in [0.717, 1.165) is 0 Å².